The van der Waals surface area contributed by atoms with E-state index >= 15 is 0 Å². The molecule has 0 unspecified atom stereocenters. The fraction of sp³-hybridized carbons (Fsp3) is 0.500. The summed E-state index contributed by atoms with van der Waals surface area (Å²) in [7, 11) is -4.02. The van der Waals surface area contributed by atoms with Crippen LogP contribution in [0, 0.1) is 0 Å². The molecule has 21 heavy (non-hydrogen) atoms. The van der Waals surface area contributed by atoms with Gasteiger partial charge in [0.25, 0.3) is 10.0 Å². The molecule has 0 N–H and O–H groups in total. The molecule has 0 saturated heterocycles. The van der Waals surface area contributed by atoms with Crippen LogP contribution < -0.4 is 0 Å². The van der Waals surface area contributed by atoms with Crippen LogP contribution in [-0.4, -0.2) is 30.5 Å². The van der Waals surface area contributed by atoms with Crippen molar-refractivity contribution in [2.75, 3.05) is 0 Å². The van der Waals surface area contributed by atoms with Gasteiger partial charge in [-0.25, -0.2) is 13.2 Å². The van der Waals surface area contributed by atoms with E-state index in [2.05, 4.69) is 15.9 Å². The van der Waals surface area contributed by atoms with Gasteiger partial charge in [0.2, 0.25) is 0 Å². The minimum Gasteiger partial charge on any atom is -0.446 e. The number of hydrogen-bond acceptors (Lipinski definition) is 4. The highest BCUT2D eigenvalue weighted by molar-refractivity contribution is 9.10. The Bertz CT molecular complexity index is 620. The largest absolute Gasteiger partial charge is 0.446 e. The molecule has 0 saturated carbocycles. The number of hydrogen-bond donors (Lipinski definition) is 0. The molecule has 0 aliphatic heterocycles. The van der Waals surface area contributed by atoms with Gasteiger partial charge in [0, 0.05) is 4.47 Å². The van der Waals surface area contributed by atoms with Crippen LogP contribution in [0.25, 0.3) is 0 Å². The number of halogens is 1. The van der Waals surface area contributed by atoms with E-state index in [1.165, 1.54) is 6.07 Å². The highest BCUT2D eigenvalue weighted by Gasteiger charge is 2.40. The second kappa shape index (κ2) is 6.36. The van der Waals surface area contributed by atoms with Crippen molar-refractivity contribution in [1.29, 1.82) is 0 Å². The Labute approximate surface area is 134 Å². The van der Waals surface area contributed by atoms with E-state index in [4.69, 9.17) is 4.74 Å². The van der Waals surface area contributed by atoms with Crippen molar-refractivity contribution in [2.24, 2.45) is 0 Å². The van der Waals surface area contributed by atoms with Crippen LogP contribution in [-0.2, 0) is 14.8 Å². The molecule has 1 aromatic rings. The van der Waals surface area contributed by atoms with Crippen molar-refractivity contribution in [3.8, 4) is 0 Å². The van der Waals surface area contributed by atoms with Crippen LogP contribution >= 0.6 is 15.9 Å². The summed E-state index contributed by atoms with van der Waals surface area (Å²) in [5, 5.41) is 0. The zero-order valence-corrected chi connectivity index (χ0v) is 15.2. The summed E-state index contributed by atoms with van der Waals surface area (Å²) in [5.74, 6) is 0. The first-order valence-corrected chi connectivity index (χ1v) is 8.72. The fourth-order valence-corrected chi connectivity index (χ4v) is 4.35. The molecule has 0 aromatic heterocycles. The molecule has 5 nitrogen and oxygen atoms in total. The van der Waals surface area contributed by atoms with Gasteiger partial charge in [-0.3, -0.25) is 0 Å². The molecule has 0 aliphatic rings. The van der Waals surface area contributed by atoms with E-state index < -0.39 is 27.8 Å². The lowest BCUT2D eigenvalue weighted by atomic mass is 10.1. The van der Waals surface area contributed by atoms with Gasteiger partial charge in [0.15, 0.2) is 0 Å². The van der Waals surface area contributed by atoms with Gasteiger partial charge >= 0.3 is 6.09 Å². The Kier molecular flexibility index (Phi) is 5.44. The van der Waals surface area contributed by atoms with Gasteiger partial charge in [-0.05, 0) is 62.7 Å². The van der Waals surface area contributed by atoms with E-state index in [9.17, 15) is 13.2 Å². The zero-order chi connectivity index (χ0) is 16.4. The van der Waals surface area contributed by atoms with E-state index in [1.807, 2.05) is 0 Å². The molecule has 0 fully saturated rings. The van der Waals surface area contributed by atoms with Gasteiger partial charge in [0.1, 0.15) is 4.90 Å². The van der Waals surface area contributed by atoms with Crippen LogP contribution in [0.1, 0.15) is 34.6 Å². The second-order valence-corrected chi connectivity index (χ2v) is 8.41. The molecule has 1 rings (SSSR count). The molecule has 0 aliphatic carbocycles. The fourth-order valence-electron chi connectivity index (χ4n) is 1.73. The number of amides is 1. The van der Waals surface area contributed by atoms with Crippen molar-refractivity contribution in [3.63, 3.8) is 0 Å². The average molecular weight is 378 g/mol. The Morgan fingerprint density at radius 3 is 2.19 bits per heavy atom. The Hall–Kier alpha value is -1.08. The number of nitrogens with zero attached hydrogens (tertiary/aromatic N) is 1. The quantitative estimate of drug-likeness (QED) is 0.803. The monoisotopic (exact) mass is 377 g/mol. The van der Waals surface area contributed by atoms with E-state index in [0.29, 0.717) is 4.47 Å². The van der Waals surface area contributed by atoms with E-state index in [0.717, 1.165) is 4.31 Å². The summed E-state index contributed by atoms with van der Waals surface area (Å²) < 4.78 is 31.9. The molecular formula is C14H20BrNO4S. The van der Waals surface area contributed by atoms with Gasteiger partial charge < -0.3 is 4.74 Å². The summed E-state index contributed by atoms with van der Waals surface area (Å²) in [5.41, 5.74) is -0.944. The first kappa shape index (κ1) is 18.0. The maximum absolute atomic E-state index is 12.8. The topological polar surface area (TPSA) is 63.7 Å². The number of sulfonamides is 1. The molecule has 0 heterocycles. The number of ether oxygens (including phenoxy) is 1. The van der Waals surface area contributed by atoms with Crippen LogP contribution in [0.15, 0.2) is 33.6 Å². The number of rotatable bonds is 3. The summed E-state index contributed by atoms with van der Waals surface area (Å²) in [4.78, 5) is 12.3. The highest BCUT2D eigenvalue weighted by atomic mass is 79.9. The zero-order valence-electron chi connectivity index (χ0n) is 12.8. The van der Waals surface area contributed by atoms with Crippen LogP contribution in [0.4, 0.5) is 4.79 Å². The van der Waals surface area contributed by atoms with Crippen molar-refractivity contribution >= 4 is 32.0 Å². The summed E-state index contributed by atoms with van der Waals surface area (Å²) in [6.45, 7) is 8.27. The number of carbonyl (C=O) groups is 1. The first-order valence-electron chi connectivity index (χ1n) is 6.48. The van der Waals surface area contributed by atoms with Crippen molar-refractivity contribution in [2.45, 2.75) is 51.2 Å². The highest BCUT2D eigenvalue weighted by Crippen LogP contribution is 2.30. The smallest absolute Gasteiger partial charge is 0.424 e. The molecule has 1 amide bonds. The van der Waals surface area contributed by atoms with Crippen LogP contribution in [0.2, 0.25) is 0 Å². The molecule has 0 spiro atoms. The lowest BCUT2D eigenvalue weighted by molar-refractivity contribution is 0.0798. The maximum Gasteiger partial charge on any atom is 0.424 e. The summed E-state index contributed by atoms with van der Waals surface area (Å²) in [6, 6.07) is 6.37. The molecule has 7 heteroatoms. The van der Waals surface area contributed by atoms with Crippen molar-refractivity contribution in [3.05, 3.63) is 28.7 Å². The Morgan fingerprint density at radius 1 is 1.24 bits per heavy atom. The molecule has 0 radical (unpaired) electrons. The summed E-state index contributed by atoms with van der Waals surface area (Å²) >= 11 is 3.21. The third-order valence-corrected chi connectivity index (χ3v) is 5.51. The van der Waals surface area contributed by atoms with Crippen LogP contribution in [0.3, 0.4) is 0 Å². The lowest BCUT2D eigenvalue weighted by Crippen LogP contribution is -2.50. The third-order valence-electron chi connectivity index (χ3n) is 2.47. The predicted molar refractivity (Wildman–Crippen MR) is 84.5 cm³/mol. The third kappa shape index (κ3) is 4.20. The molecular weight excluding hydrogens is 358 g/mol. The average Bonchev–Trinajstić information content (AvgIpc) is 2.25. The SMILES string of the molecule is CC(C)OC(=O)N(C(C)(C)C)S(=O)(=O)c1ccccc1Br. The number of benzene rings is 1. The minimum atomic E-state index is -4.02. The second-order valence-electron chi connectivity index (χ2n) is 5.80. The molecule has 1 aromatic carbocycles. The standard InChI is InChI=1S/C14H20BrNO4S/c1-10(2)20-13(17)16(14(3,4)5)21(18,19)12-9-7-6-8-11(12)15/h6-10H,1-5H3. The number of carbonyl (C=O) groups excluding carboxylic acids is 1. The van der Waals surface area contributed by atoms with Crippen LogP contribution in [0.5, 0.6) is 0 Å². The van der Waals surface area contributed by atoms with Crippen molar-refractivity contribution in [1.82, 2.24) is 4.31 Å². The first-order chi connectivity index (χ1) is 9.48. The predicted octanol–water partition coefficient (Wildman–Crippen LogP) is 3.78. The van der Waals surface area contributed by atoms with Crippen molar-refractivity contribution < 1.29 is 17.9 Å². The molecule has 0 bridgehead atoms. The van der Waals surface area contributed by atoms with Gasteiger partial charge in [0.05, 0.1) is 11.6 Å². The Balaban J connectivity index is 3.39. The summed E-state index contributed by atoms with van der Waals surface area (Å²) in [6.07, 6.45) is -1.29. The normalized spacial score (nSPS) is 12.3. The molecule has 0 atom stereocenters. The lowest BCUT2D eigenvalue weighted by Gasteiger charge is -2.34. The van der Waals surface area contributed by atoms with Gasteiger partial charge in [-0.15, -0.1) is 0 Å². The Morgan fingerprint density at radius 2 is 1.76 bits per heavy atom. The molecule has 118 valence electrons. The minimum absolute atomic E-state index is 0.0284. The van der Waals surface area contributed by atoms with E-state index in [1.54, 1.807) is 52.8 Å². The van der Waals surface area contributed by atoms with Gasteiger partial charge in [-0.1, -0.05) is 12.1 Å². The maximum atomic E-state index is 12.8. The van der Waals surface area contributed by atoms with E-state index in [-0.39, 0.29) is 4.90 Å². The van der Waals surface area contributed by atoms with Gasteiger partial charge in [-0.2, -0.15) is 4.31 Å².